The van der Waals surface area contributed by atoms with Gasteiger partial charge in [0.15, 0.2) is 0 Å². The zero-order valence-electron chi connectivity index (χ0n) is 6.21. The first-order chi connectivity index (χ1) is 4.95. The number of fused-ring (bicyclic) bond motifs is 3. The third-order valence-corrected chi connectivity index (χ3v) is 3.49. The summed E-state index contributed by atoms with van der Waals surface area (Å²) in [6.07, 6.45) is 2.96. The van der Waals surface area contributed by atoms with Gasteiger partial charge in [-0.15, -0.1) is 0 Å². The van der Waals surface area contributed by atoms with E-state index in [1.54, 1.807) is 0 Å². The van der Waals surface area contributed by atoms with Gasteiger partial charge in [0.1, 0.15) is 0 Å². The van der Waals surface area contributed by atoms with Crippen LogP contribution < -0.4 is 5.32 Å². The highest BCUT2D eigenvalue weighted by atomic mass is 15.3. The standard InChI is InChI=1S/C8H14N2/c1-2-10-7(1)3-6-4-9-5-8(6)10/h6-9H,1-5H2. The molecule has 0 aromatic carbocycles. The fourth-order valence-electron chi connectivity index (χ4n) is 2.85. The van der Waals surface area contributed by atoms with Gasteiger partial charge in [-0.3, -0.25) is 4.90 Å². The molecule has 0 bridgehead atoms. The van der Waals surface area contributed by atoms with Gasteiger partial charge in [0, 0.05) is 25.2 Å². The van der Waals surface area contributed by atoms with Crippen LogP contribution >= 0.6 is 0 Å². The third-order valence-electron chi connectivity index (χ3n) is 3.49. The summed E-state index contributed by atoms with van der Waals surface area (Å²) in [5.74, 6) is 1.01. The molecule has 0 aliphatic carbocycles. The van der Waals surface area contributed by atoms with Gasteiger partial charge in [-0.05, 0) is 25.3 Å². The van der Waals surface area contributed by atoms with Gasteiger partial charge in [-0.25, -0.2) is 0 Å². The van der Waals surface area contributed by atoms with Crippen LogP contribution in [-0.4, -0.2) is 36.6 Å². The van der Waals surface area contributed by atoms with Crippen molar-refractivity contribution in [1.82, 2.24) is 10.2 Å². The van der Waals surface area contributed by atoms with Crippen molar-refractivity contribution in [1.29, 1.82) is 0 Å². The molecule has 3 aliphatic heterocycles. The molecule has 3 unspecified atom stereocenters. The Kier molecular flexibility index (Phi) is 0.968. The summed E-state index contributed by atoms with van der Waals surface area (Å²) in [6, 6.07) is 1.93. The van der Waals surface area contributed by atoms with Crippen molar-refractivity contribution in [2.45, 2.75) is 24.9 Å². The molecule has 2 heteroatoms. The van der Waals surface area contributed by atoms with Crippen LogP contribution in [0.5, 0.6) is 0 Å². The van der Waals surface area contributed by atoms with E-state index in [1.807, 2.05) is 0 Å². The molecule has 1 N–H and O–H groups in total. The fraction of sp³-hybridized carbons (Fsp3) is 1.00. The Morgan fingerprint density at radius 2 is 2.30 bits per heavy atom. The molecule has 0 spiro atoms. The molecule has 0 amide bonds. The maximum Gasteiger partial charge on any atom is 0.0264 e. The van der Waals surface area contributed by atoms with E-state index in [9.17, 15) is 0 Å². The van der Waals surface area contributed by atoms with Crippen LogP contribution in [0.2, 0.25) is 0 Å². The van der Waals surface area contributed by atoms with Crippen LogP contribution in [0, 0.1) is 5.92 Å². The second kappa shape index (κ2) is 1.74. The predicted molar refractivity (Wildman–Crippen MR) is 39.9 cm³/mol. The Hall–Kier alpha value is -0.0800. The van der Waals surface area contributed by atoms with Crippen molar-refractivity contribution in [2.24, 2.45) is 5.92 Å². The molecule has 0 saturated carbocycles. The van der Waals surface area contributed by atoms with Crippen molar-refractivity contribution in [3.05, 3.63) is 0 Å². The summed E-state index contributed by atoms with van der Waals surface area (Å²) in [6.45, 7) is 3.94. The quantitative estimate of drug-likeness (QED) is 0.509. The second-order valence-electron chi connectivity index (χ2n) is 3.90. The Balaban J connectivity index is 1.85. The highest BCUT2D eigenvalue weighted by Gasteiger charge is 2.47. The van der Waals surface area contributed by atoms with Crippen molar-refractivity contribution >= 4 is 0 Å². The van der Waals surface area contributed by atoms with E-state index in [2.05, 4.69) is 10.2 Å². The lowest BCUT2D eigenvalue weighted by Gasteiger charge is -2.38. The number of rotatable bonds is 0. The molecular weight excluding hydrogens is 124 g/mol. The Morgan fingerprint density at radius 3 is 3.10 bits per heavy atom. The van der Waals surface area contributed by atoms with Gasteiger partial charge >= 0.3 is 0 Å². The van der Waals surface area contributed by atoms with Crippen molar-refractivity contribution < 1.29 is 0 Å². The van der Waals surface area contributed by atoms with E-state index in [0.717, 1.165) is 18.0 Å². The van der Waals surface area contributed by atoms with E-state index in [4.69, 9.17) is 0 Å². The van der Waals surface area contributed by atoms with Crippen LogP contribution in [0.1, 0.15) is 12.8 Å². The van der Waals surface area contributed by atoms with Gasteiger partial charge in [0.2, 0.25) is 0 Å². The summed E-state index contributed by atoms with van der Waals surface area (Å²) < 4.78 is 0. The number of hydrogen-bond acceptors (Lipinski definition) is 2. The molecule has 3 saturated heterocycles. The third kappa shape index (κ3) is 0.523. The summed E-state index contributed by atoms with van der Waals surface area (Å²) in [5, 5.41) is 3.47. The fourth-order valence-corrected chi connectivity index (χ4v) is 2.85. The largest absolute Gasteiger partial charge is 0.315 e. The monoisotopic (exact) mass is 138 g/mol. The average Bonchev–Trinajstić information content (AvgIpc) is 2.35. The molecule has 0 radical (unpaired) electrons. The van der Waals surface area contributed by atoms with Crippen molar-refractivity contribution in [2.75, 3.05) is 19.6 Å². The lowest BCUT2D eigenvalue weighted by Crippen LogP contribution is -2.48. The van der Waals surface area contributed by atoms with Crippen LogP contribution in [0.4, 0.5) is 0 Å². The molecule has 3 rings (SSSR count). The maximum atomic E-state index is 3.47. The molecule has 56 valence electrons. The van der Waals surface area contributed by atoms with Crippen LogP contribution in [0.25, 0.3) is 0 Å². The summed E-state index contributed by atoms with van der Waals surface area (Å²) in [7, 11) is 0. The predicted octanol–water partition coefficient (Wildman–Crippen LogP) is 0.0524. The molecule has 10 heavy (non-hydrogen) atoms. The van der Waals surface area contributed by atoms with Crippen molar-refractivity contribution in [3.63, 3.8) is 0 Å². The van der Waals surface area contributed by atoms with Gasteiger partial charge in [-0.2, -0.15) is 0 Å². The molecule has 3 aliphatic rings. The molecule has 0 aromatic heterocycles. The first kappa shape index (κ1) is 5.56. The molecule has 0 aromatic rings. The number of hydrogen-bond donors (Lipinski definition) is 1. The Bertz CT molecular complexity index is 155. The van der Waals surface area contributed by atoms with E-state index < -0.39 is 0 Å². The first-order valence-corrected chi connectivity index (χ1v) is 4.41. The molecule has 2 nitrogen and oxygen atoms in total. The van der Waals surface area contributed by atoms with Gasteiger partial charge in [0.25, 0.3) is 0 Å². The summed E-state index contributed by atoms with van der Waals surface area (Å²) >= 11 is 0. The van der Waals surface area contributed by atoms with Gasteiger partial charge < -0.3 is 5.32 Å². The highest BCUT2D eigenvalue weighted by molar-refractivity contribution is 5.04. The average molecular weight is 138 g/mol. The minimum atomic E-state index is 0.929. The van der Waals surface area contributed by atoms with Gasteiger partial charge in [-0.1, -0.05) is 0 Å². The van der Waals surface area contributed by atoms with Crippen LogP contribution in [-0.2, 0) is 0 Å². The van der Waals surface area contributed by atoms with Gasteiger partial charge in [0.05, 0.1) is 0 Å². The van der Waals surface area contributed by atoms with Crippen molar-refractivity contribution in [3.8, 4) is 0 Å². The molecular formula is C8H14N2. The summed E-state index contributed by atoms with van der Waals surface area (Å²) in [5.41, 5.74) is 0. The van der Waals surface area contributed by atoms with E-state index >= 15 is 0 Å². The maximum absolute atomic E-state index is 3.47. The molecule has 3 fully saturated rings. The SMILES string of the molecule is C1NCC2C1CC1CCN12. The van der Waals surface area contributed by atoms with E-state index in [0.29, 0.717) is 0 Å². The highest BCUT2D eigenvalue weighted by Crippen LogP contribution is 2.39. The normalized spacial score (nSPS) is 52.2. The topological polar surface area (TPSA) is 15.3 Å². The zero-order valence-corrected chi connectivity index (χ0v) is 6.21. The van der Waals surface area contributed by atoms with Crippen LogP contribution in [0.15, 0.2) is 0 Å². The van der Waals surface area contributed by atoms with E-state index in [-0.39, 0.29) is 0 Å². The second-order valence-corrected chi connectivity index (χ2v) is 3.90. The molecule has 3 heterocycles. The minimum absolute atomic E-state index is 0.929. The minimum Gasteiger partial charge on any atom is -0.315 e. The smallest absolute Gasteiger partial charge is 0.0264 e. The number of nitrogens with one attached hydrogen (secondary N) is 1. The summed E-state index contributed by atoms with van der Waals surface area (Å²) in [4.78, 5) is 2.70. The number of nitrogens with zero attached hydrogens (tertiary/aromatic N) is 1. The Morgan fingerprint density at radius 1 is 1.30 bits per heavy atom. The first-order valence-electron chi connectivity index (χ1n) is 4.41. The van der Waals surface area contributed by atoms with E-state index in [1.165, 1.54) is 32.5 Å². The zero-order chi connectivity index (χ0) is 6.55. The lowest BCUT2D eigenvalue weighted by atomic mass is 10.0. The van der Waals surface area contributed by atoms with Crippen LogP contribution in [0.3, 0.4) is 0 Å². The Labute approximate surface area is 61.6 Å². The molecule has 3 atom stereocenters. The lowest BCUT2D eigenvalue weighted by molar-refractivity contribution is 0.0977.